The molecule has 310 valence electrons. The molecule has 5 aliphatic carbocycles. The molecule has 5 fully saturated rings. The third-order valence-corrected chi connectivity index (χ3v) is 19.3. The minimum absolute atomic E-state index is 0.0575. The van der Waals surface area contributed by atoms with E-state index in [1.54, 1.807) is 16.4 Å². The van der Waals surface area contributed by atoms with Crippen LogP contribution in [0.25, 0.3) is 5.57 Å². The first-order valence-electron chi connectivity index (χ1n) is 22.3. The Hall–Kier alpha value is -2.78. The summed E-state index contributed by atoms with van der Waals surface area (Å²) in [6.45, 7) is 24.4. The second-order valence-corrected chi connectivity index (χ2v) is 22.1. The third kappa shape index (κ3) is 6.90. The molecule has 7 nitrogen and oxygen atoms in total. The summed E-state index contributed by atoms with van der Waals surface area (Å²) in [5.41, 5.74) is 6.08. The fraction of sp³-hybridized carbons (Fsp3) is 0.653. The number of hydrogen-bond acceptors (Lipinski definition) is 6. The maximum absolute atomic E-state index is 13.4. The number of hydrogen-bond donors (Lipinski definition) is 1. The Bertz CT molecular complexity index is 1950. The summed E-state index contributed by atoms with van der Waals surface area (Å²) in [6.07, 6.45) is 14.9. The molecule has 0 spiro atoms. The molecule has 57 heavy (non-hydrogen) atoms. The minimum Gasteiger partial charge on any atom is -0.429 e. The van der Waals surface area contributed by atoms with Crippen molar-refractivity contribution in [2.24, 2.45) is 51.8 Å². The van der Waals surface area contributed by atoms with E-state index in [1.807, 2.05) is 24.3 Å². The maximum atomic E-state index is 13.4. The number of carbonyl (C=O) groups excluding carboxylic acids is 1. The second-order valence-electron chi connectivity index (χ2n) is 20.2. The molecule has 1 heterocycles. The molecule has 1 saturated heterocycles. The van der Waals surface area contributed by atoms with Crippen molar-refractivity contribution >= 4 is 22.1 Å². The number of allylic oxidation sites excluding steroid dienone is 3. The van der Waals surface area contributed by atoms with Gasteiger partial charge in [-0.25, -0.2) is 8.42 Å². The molecule has 6 aliphatic rings. The van der Waals surface area contributed by atoms with E-state index >= 15 is 0 Å². The van der Waals surface area contributed by atoms with Gasteiger partial charge in [-0.05, 0) is 164 Å². The van der Waals surface area contributed by atoms with Gasteiger partial charge in [-0.15, -0.1) is 0 Å². The van der Waals surface area contributed by atoms with Crippen LogP contribution in [0.3, 0.4) is 0 Å². The lowest BCUT2D eigenvalue weighted by molar-refractivity contribution is -0.175. The maximum Gasteiger partial charge on any atom is 0.298 e. The van der Waals surface area contributed by atoms with Gasteiger partial charge >= 0.3 is 0 Å². The van der Waals surface area contributed by atoms with Gasteiger partial charge in [0.15, 0.2) is 0 Å². The highest BCUT2D eigenvalue weighted by Crippen LogP contribution is 2.73. The number of carbonyl (C=O) groups is 1. The molecular formula is C49H69N3O4S. The number of nitrogens with zero attached hydrogens (tertiary/aromatic N) is 2. The SMILES string of the molecule is C=C(C)[C@@H]1CC[C@]2(NCCN3CCN(S(=O)(=O)c4ccc(CC)cc4)CC3)CC[C@@H]3[C@H](CC[C@H]4[C@@]3(C)CC[C@H]3C(C)(C)C(c5ccc(OC=O)cc5)=CC[C@]43C)[C@@H]12. The molecule has 1 N–H and O–H groups in total. The van der Waals surface area contributed by atoms with Crippen molar-refractivity contribution in [3.63, 3.8) is 0 Å². The van der Waals surface area contributed by atoms with Gasteiger partial charge in [0.2, 0.25) is 10.0 Å². The summed E-state index contributed by atoms with van der Waals surface area (Å²) in [5, 5.41) is 4.27. The second kappa shape index (κ2) is 15.4. The Morgan fingerprint density at radius 3 is 2.25 bits per heavy atom. The van der Waals surface area contributed by atoms with Crippen molar-refractivity contribution in [2.45, 2.75) is 116 Å². The molecule has 4 saturated carbocycles. The van der Waals surface area contributed by atoms with Crippen LogP contribution >= 0.6 is 0 Å². The van der Waals surface area contributed by atoms with E-state index in [0.717, 1.165) is 56.4 Å². The molecule has 0 radical (unpaired) electrons. The van der Waals surface area contributed by atoms with Gasteiger partial charge in [-0.2, -0.15) is 4.31 Å². The van der Waals surface area contributed by atoms with Crippen molar-refractivity contribution in [3.8, 4) is 5.75 Å². The van der Waals surface area contributed by atoms with Crippen LogP contribution in [0.15, 0.2) is 71.7 Å². The van der Waals surface area contributed by atoms with E-state index in [-0.39, 0.29) is 16.4 Å². The first-order valence-corrected chi connectivity index (χ1v) is 23.8. The first kappa shape index (κ1) is 41.0. The van der Waals surface area contributed by atoms with Gasteiger partial charge in [0.05, 0.1) is 4.90 Å². The Morgan fingerprint density at radius 1 is 0.877 bits per heavy atom. The zero-order valence-corrected chi connectivity index (χ0v) is 36.5. The Morgan fingerprint density at radius 2 is 1.58 bits per heavy atom. The van der Waals surface area contributed by atoms with Crippen LogP contribution < -0.4 is 10.1 Å². The molecule has 2 aromatic rings. The molecule has 0 unspecified atom stereocenters. The molecule has 1 aliphatic heterocycles. The molecular weight excluding hydrogens is 727 g/mol. The van der Waals surface area contributed by atoms with Crippen molar-refractivity contribution in [2.75, 3.05) is 39.3 Å². The summed E-state index contributed by atoms with van der Waals surface area (Å²) in [7, 11) is -3.47. The van der Waals surface area contributed by atoms with E-state index in [0.29, 0.717) is 59.3 Å². The number of rotatable bonds is 11. The Balaban J connectivity index is 0.945. The van der Waals surface area contributed by atoms with Crippen molar-refractivity contribution in [1.82, 2.24) is 14.5 Å². The van der Waals surface area contributed by atoms with E-state index in [9.17, 15) is 13.2 Å². The number of ether oxygens (including phenoxy) is 1. The lowest BCUT2D eigenvalue weighted by atomic mass is 9.36. The number of fused-ring (bicyclic) bond motifs is 7. The highest BCUT2D eigenvalue weighted by Gasteiger charge is 2.66. The number of sulfonamides is 1. The van der Waals surface area contributed by atoms with Gasteiger partial charge in [0.1, 0.15) is 5.75 Å². The summed E-state index contributed by atoms with van der Waals surface area (Å²) in [4.78, 5) is 13.8. The first-order chi connectivity index (χ1) is 27.2. The number of aryl methyl sites for hydroxylation is 1. The number of benzene rings is 2. The molecule has 0 amide bonds. The van der Waals surface area contributed by atoms with E-state index in [1.165, 1.54) is 68.1 Å². The van der Waals surface area contributed by atoms with Crippen LogP contribution in [-0.4, -0.2) is 68.9 Å². The zero-order valence-electron chi connectivity index (χ0n) is 35.7. The smallest absolute Gasteiger partial charge is 0.298 e. The fourth-order valence-corrected chi connectivity index (χ4v) is 16.1. The lowest BCUT2D eigenvalue weighted by Crippen LogP contribution is -2.64. The van der Waals surface area contributed by atoms with Crippen LogP contribution in [0, 0.1) is 51.8 Å². The monoisotopic (exact) mass is 796 g/mol. The quantitative estimate of drug-likeness (QED) is 0.181. The highest BCUT2D eigenvalue weighted by molar-refractivity contribution is 7.89. The molecule has 0 aromatic heterocycles. The van der Waals surface area contributed by atoms with Crippen molar-refractivity contribution in [3.05, 3.63) is 77.9 Å². The van der Waals surface area contributed by atoms with Crippen LogP contribution in [0.5, 0.6) is 5.75 Å². The Labute approximate surface area is 344 Å². The number of piperazine rings is 1. The predicted octanol–water partition coefficient (Wildman–Crippen LogP) is 9.39. The predicted molar refractivity (Wildman–Crippen MR) is 230 cm³/mol. The third-order valence-electron chi connectivity index (χ3n) is 17.3. The van der Waals surface area contributed by atoms with Gasteiger partial charge in [-0.3, -0.25) is 9.69 Å². The molecule has 2 aromatic carbocycles. The molecule has 9 atom stereocenters. The van der Waals surface area contributed by atoms with Gasteiger partial charge in [0, 0.05) is 44.8 Å². The van der Waals surface area contributed by atoms with Crippen LogP contribution in [0.4, 0.5) is 0 Å². The Kier molecular flexibility index (Phi) is 11.0. The van der Waals surface area contributed by atoms with Gasteiger partial charge in [0.25, 0.3) is 6.47 Å². The average molecular weight is 796 g/mol. The summed E-state index contributed by atoms with van der Waals surface area (Å²) >= 11 is 0. The summed E-state index contributed by atoms with van der Waals surface area (Å²) in [6, 6.07) is 15.5. The largest absolute Gasteiger partial charge is 0.429 e. The number of nitrogens with one attached hydrogen (secondary N) is 1. The zero-order chi connectivity index (χ0) is 40.4. The summed E-state index contributed by atoms with van der Waals surface area (Å²) < 4.78 is 33.7. The van der Waals surface area contributed by atoms with E-state index < -0.39 is 10.0 Å². The van der Waals surface area contributed by atoms with Gasteiger partial charge < -0.3 is 10.1 Å². The highest BCUT2D eigenvalue weighted by atomic mass is 32.2. The van der Waals surface area contributed by atoms with Crippen molar-refractivity contribution in [1.29, 1.82) is 0 Å². The molecule has 8 heteroatoms. The van der Waals surface area contributed by atoms with Crippen LogP contribution in [0.2, 0.25) is 0 Å². The average Bonchev–Trinajstić information content (AvgIpc) is 3.59. The van der Waals surface area contributed by atoms with Crippen LogP contribution in [-0.2, 0) is 21.2 Å². The lowest BCUT2D eigenvalue weighted by Gasteiger charge is -2.68. The minimum atomic E-state index is -3.47. The van der Waals surface area contributed by atoms with E-state index in [4.69, 9.17) is 4.74 Å². The van der Waals surface area contributed by atoms with E-state index in [2.05, 4.69) is 76.5 Å². The van der Waals surface area contributed by atoms with Gasteiger partial charge in [-0.1, -0.05) is 77.1 Å². The fourth-order valence-electron chi connectivity index (χ4n) is 14.7. The molecule has 8 rings (SSSR count). The molecule has 0 bridgehead atoms. The topological polar surface area (TPSA) is 78.9 Å². The normalized spacial score (nSPS) is 36.6. The van der Waals surface area contributed by atoms with Crippen LogP contribution in [0.1, 0.15) is 110 Å². The standard InChI is InChI=1S/C49H69N3O4S/c1-8-35-9-15-38(16-10-35)57(54,55)52-31-29-51(30-32-52)28-27-50-49-25-19-39(34(2)3)45(49)40-17-18-44-47(6,42(40)21-26-49)24-22-43-46(4,5)41(20-23-48(43,44)7)36-11-13-37(14-12-36)56-33-53/h9-16,20,33,39-40,42-45,50H,2,8,17-19,21-32H2,1,3-7H3/t39-,40-,42+,43-,44-,45+,47-,48-,49-/m0/s1. The van der Waals surface area contributed by atoms with Crippen molar-refractivity contribution < 1.29 is 17.9 Å². The summed E-state index contributed by atoms with van der Waals surface area (Å²) in [5.74, 6) is 4.64.